The molecule has 2 rings (SSSR count). The quantitative estimate of drug-likeness (QED) is 0.836. The fourth-order valence-corrected chi connectivity index (χ4v) is 3.71. The molecule has 1 aromatic rings. The number of nitrogens with zero attached hydrogens (tertiary/aromatic N) is 2. The summed E-state index contributed by atoms with van der Waals surface area (Å²) in [6.07, 6.45) is 3.53. The molecule has 0 aromatic carbocycles. The number of aliphatic hydroxyl groups is 1. The number of β-amino-alcohol motifs (C(OH)–C–C–N with tert-alkyl or cyclic N) is 1. The van der Waals surface area contributed by atoms with Gasteiger partial charge in [-0.25, -0.2) is 0 Å². The van der Waals surface area contributed by atoms with Crippen LogP contribution in [0.4, 0.5) is 0 Å². The lowest BCUT2D eigenvalue weighted by atomic mass is 9.96. The van der Waals surface area contributed by atoms with Crippen LogP contribution in [0.2, 0.25) is 0 Å². The molecule has 4 heteroatoms. The van der Waals surface area contributed by atoms with Crippen LogP contribution in [-0.2, 0) is 6.42 Å². The van der Waals surface area contributed by atoms with Crippen molar-refractivity contribution < 1.29 is 5.11 Å². The predicted octanol–water partition coefficient (Wildman–Crippen LogP) is 2.32. The highest BCUT2D eigenvalue weighted by atomic mass is 32.1. The van der Waals surface area contributed by atoms with Gasteiger partial charge in [0.15, 0.2) is 0 Å². The third-order valence-corrected chi connectivity index (χ3v) is 5.06. The van der Waals surface area contributed by atoms with Gasteiger partial charge in [-0.1, -0.05) is 6.07 Å². The summed E-state index contributed by atoms with van der Waals surface area (Å²) < 4.78 is 0. The van der Waals surface area contributed by atoms with Crippen molar-refractivity contribution in [2.24, 2.45) is 5.92 Å². The van der Waals surface area contributed by atoms with Crippen molar-refractivity contribution in [2.75, 3.05) is 39.8 Å². The van der Waals surface area contributed by atoms with E-state index < -0.39 is 0 Å². The zero-order valence-electron chi connectivity index (χ0n) is 12.8. The lowest BCUT2D eigenvalue weighted by Gasteiger charge is -2.34. The van der Waals surface area contributed by atoms with E-state index in [-0.39, 0.29) is 6.10 Å². The minimum absolute atomic E-state index is 0.194. The van der Waals surface area contributed by atoms with Gasteiger partial charge < -0.3 is 14.9 Å². The molecule has 2 heterocycles. The Balaban J connectivity index is 1.62. The topological polar surface area (TPSA) is 26.7 Å². The molecule has 20 heavy (non-hydrogen) atoms. The van der Waals surface area contributed by atoms with E-state index in [1.165, 1.54) is 30.7 Å². The number of aliphatic hydroxyl groups excluding tert-OH is 1. The van der Waals surface area contributed by atoms with Crippen LogP contribution in [0.25, 0.3) is 0 Å². The van der Waals surface area contributed by atoms with Crippen LogP contribution in [-0.4, -0.2) is 60.8 Å². The standard InChI is InChI=1S/C16H28N2OS/c1-14(19)12-18-9-5-15(6-10-18)13-17(2)8-7-16-4-3-11-20-16/h3-4,11,14-15,19H,5-10,12-13H2,1-2H3/t14-/m1/s1. The highest BCUT2D eigenvalue weighted by Gasteiger charge is 2.20. The maximum Gasteiger partial charge on any atom is 0.0639 e. The summed E-state index contributed by atoms with van der Waals surface area (Å²) >= 11 is 1.86. The number of thiophene rings is 1. The normalized spacial score (nSPS) is 19.6. The van der Waals surface area contributed by atoms with E-state index in [2.05, 4.69) is 34.4 Å². The first-order chi connectivity index (χ1) is 9.63. The van der Waals surface area contributed by atoms with E-state index in [0.29, 0.717) is 0 Å². The second kappa shape index (κ2) is 8.13. The number of hydrogen-bond donors (Lipinski definition) is 1. The van der Waals surface area contributed by atoms with E-state index in [4.69, 9.17) is 0 Å². The average Bonchev–Trinajstić information content (AvgIpc) is 2.91. The zero-order valence-corrected chi connectivity index (χ0v) is 13.6. The van der Waals surface area contributed by atoms with Gasteiger partial charge in [0.25, 0.3) is 0 Å². The predicted molar refractivity (Wildman–Crippen MR) is 86.4 cm³/mol. The van der Waals surface area contributed by atoms with Gasteiger partial charge in [-0.05, 0) is 63.7 Å². The number of likely N-dealkylation sites (tertiary alicyclic amines) is 1. The van der Waals surface area contributed by atoms with Crippen molar-refractivity contribution in [3.63, 3.8) is 0 Å². The van der Waals surface area contributed by atoms with Crippen molar-refractivity contribution in [2.45, 2.75) is 32.3 Å². The fraction of sp³-hybridized carbons (Fsp3) is 0.750. The summed E-state index contributed by atoms with van der Waals surface area (Å²) in [5.74, 6) is 0.827. The van der Waals surface area contributed by atoms with Crippen molar-refractivity contribution in [3.05, 3.63) is 22.4 Å². The molecule has 0 unspecified atom stereocenters. The second-order valence-corrected chi connectivity index (χ2v) is 7.22. The molecular weight excluding hydrogens is 268 g/mol. The molecule has 0 saturated carbocycles. The smallest absolute Gasteiger partial charge is 0.0639 e. The summed E-state index contributed by atoms with van der Waals surface area (Å²) in [6, 6.07) is 4.37. The highest BCUT2D eigenvalue weighted by molar-refractivity contribution is 7.09. The van der Waals surface area contributed by atoms with Gasteiger partial charge in [0.05, 0.1) is 6.10 Å². The lowest BCUT2D eigenvalue weighted by molar-refractivity contribution is 0.0927. The van der Waals surface area contributed by atoms with Crippen LogP contribution in [0.5, 0.6) is 0 Å². The maximum atomic E-state index is 9.43. The second-order valence-electron chi connectivity index (χ2n) is 6.18. The summed E-state index contributed by atoms with van der Waals surface area (Å²) in [4.78, 5) is 6.37. The monoisotopic (exact) mass is 296 g/mol. The summed E-state index contributed by atoms with van der Waals surface area (Å²) in [7, 11) is 2.25. The van der Waals surface area contributed by atoms with E-state index in [1.807, 2.05) is 18.3 Å². The third-order valence-electron chi connectivity index (χ3n) is 4.12. The SMILES string of the molecule is C[C@@H](O)CN1CCC(CN(C)CCc2cccs2)CC1. The molecule has 1 saturated heterocycles. The van der Waals surface area contributed by atoms with Crippen LogP contribution in [0.15, 0.2) is 17.5 Å². The minimum atomic E-state index is -0.194. The van der Waals surface area contributed by atoms with Crippen LogP contribution in [0, 0.1) is 5.92 Å². The molecule has 1 aliphatic rings. The molecule has 1 aromatic heterocycles. The highest BCUT2D eigenvalue weighted by Crippen LogP contribution is 2.18. The molecule has 0 spiro atoms. The van der Waals surface area contributed by atoms with Gasteiger partial charge in [-0.3, -0.25) is 0 Å². The first-order valence-electron chi connectivity index (χ1n) is 7.75. The van der Waals surface area contributed by atoms with Gasteiger partial charge in [0.1, 0.15) is 0 Å². The molecule has 1 fully saturated rings. The average molecular weight is 296 g/mol. The summed E-state index contributed by atoms with van der Waals surface area (Å²) in [6.45, 7) is 7.39. The lowest BCUT2D eigenvalue weighted by Crippen LogP contribution is -2.40. The van der Waals surface area contributed by atoms with Gasteiger partial charge in [-0.15, -0.1) is 11.3 Å². The van der Waals surface area contributed by atoms with Gasteiger partial charge in [0, 0.05) is 24.5 Å². The third kappa shape index (κ3) is 5.52. The Hall–Kier alpha value is -0.420. The van der Waals surface area contributed by atoms with E-state index in [0.717, 1.165) is 32.1 Å². The Labute approximate surface area is 127 Å². The van der Waals surface area contributed by atoms with Crippen LogP contribution in [0.3, 0.4) is 0 Å². The van der Waals surface area contributed by atoms with Crippen molar-refractivity contribution in [1.82, 2.24) is 9.80 Å². The Kier molecular flexibility index (Phi) is 6.49. The fourth-order valence-electron chi connectivity index (χ4n) is 3.01. The molecule has 1 atom stereocenters. The van der Waals surface area contributed by atoms with Crippen LogP contribution < -0.4 is 0 Å². The van der Waals surface area contributed by atoms with E-state index in [1.54, 1.807) is 0 Å². The van der Waals surface area contributed by atoms with Crippen molar-refractivity contribution in [3.8, 4) is 0 Å². The Bertz CT molecular complexity index is 359. The van der Waals surface area contributed by atoms with Crippen LogP contribution >= 0.6 is 11.3 Å². The number of likely N-dealkylation sites (N-methyl/N-ethyl adjacent to an activating group) is 1. The molecular formula is C16H28N2OS. The first kappa shape index (κ1) is 16.0. The molecule has 0 aliphatic carbocycles. The Morgan fingerprint density at radius 1 is 1.45 bits per heavy atom. The molecule has 114 valence electrons. The number of hydrogen-bond acceptors (Lipinski definition) is 4. The largest absolute Gasteiger partial charge is 0.392 e. The van der Waals surface area contributed by atoms with Crippen molar-refractivity contribution >= 4 is 11.3 Å². The Morgan fingerprint density at radius 3 is 2.80 bits per heavy atom. The summed E-state index contributed by atoms with van der Waals surface area (Å²) in [5, 5.41) is 11.6. The molecule has 0 radical (unpaired) electrons. The minimum Gasteiger partial charge on any atom is -0.392 e. The van der Waals surface area contributed by atoms with Crippen LogP contribution in [0.1, 0.15) is 24.6 Å². The van der Waals surface area contributed by atoms with Gasteiger partial charge in [0.2, 0.25) is 0 Å². The van der Waals surface area contributed by atoms with Crippen molar-refractivity contribution in [1.29, 1.82) is 0 Å². The van der Waals surface area contributed by atoms with E-state index >= 15 is 0 Å². The van der Waals surface area contributed by atoms with Gasteiger partial charge >= 0.3 is 0 Å². The molecule has 0 amide bonds. The molecule has 1 aliphatic heterocycles. The summed E-state index contributed by atoms with van der Waals surface area (Å²) in [5.41, 5.74) is 0. The number of rotatable bonds is 7. The molecule has 1 N–H and O–H groups in total. The van der Waals surface area contributed by atoms with Gasteiger partial charge in [-0.2, -0.15) is 0 Å². The molecule has 0 bridgehead atoms. The Morgan fingerprint density at radius 2 is 2.20 bits per heavy atom. The first-order valence-corrected chi connectivity index (χ1v) is 8.63. The number of piperidine rings is 1. The van der Waals surface area contributed by atoms with E-state index in [9.17, 15) is 5.11 Å². The maximum absolute atomic E-state index is 9.43. The zero-order chi connectivity index (χ0) is 14.4. The molecule has 3 nitrogen and oxygen atoms in total.